The fraction of sp³-hybridized carbons (Fsp3) is 0.167. The maximum atomic E-state index is 11.7. The smallest absolute Gasteiger partial charge is 0.332 e. The molecule has 5 nitrogen and oxygen atoms in total. The highest BCUT2D eigenvalue weighted by Crippen LogP contribution is 2.22. The summed E-state index contributed by atoms with van der Waals surface area (Å²) in [6.45, 7) is 0. The van der Waals surface area contributed by atoms with Gasteiger partial charge in [-0.25, -0.2) is 10.0 Å². The Balaban J connectivity index is 2.25. The minimum absolute atomic E-state index is 0.0238. The first-order valence-electron chi connectivity index (χ1n) is 5.15. The SMILES string of the molecule is CON(C)C(=O)c1ncc(-c2ccc(Cl)cc2)o1. The molecule has 0 saturated carbocycles. The summed E-state index contributed by atoms with van der Waals surface area (Å²) in [6, 6.07) is 7.05. The summed E-state index contributed by atoms with van der Waals surface area (Å²) in [7, 11) is 2.87. The van der Waals surface area contributed by atoms with Crippen molar-refractivity contribution in [3.05, 3.63) is 41.4 Å². The van der Waals surface area contributed by atoms with E-state index in [-0.39, 0.29) is 5.89 Å². The first-order chi connectivity index (χ1) is 8.61. The van der Waals surface area contributed by atoms with Crippen LogP contribution in [0.15, 0.2) is 34.9 Å². The normalized spacial score (nSPS) is 10.4. The number of oxazole rings is 1. The van der Waals surface area contributed by atoms with E-state index in [1.54, 1.807) is 24.3 Å². The van der Waals surface area contributed by atoms with Crippen molar-refractivity contribution in [2.45, 2.75) is 0 Å². The Morgan fingerprint density at radius 1 is 1.39 bits per heavy atom. The largest absolute Gasteiger partial charge is 0.432 e. The molecular formula is C12H11ClN2O3. The summed E-state index contributed by atoms with van der Waals surface area (Å²) in [5.74, 6) is 0.0292. The van der Waals surface area contributed by atoms with Crippen LogP contribution < -0.4 is 0 Å². The third-order valence-electron chi connectivity index (χ3n) is 2.38. The fourth-order valence-corrected chi connectivity index (χ4v) is 1.46. The number of hydrogen-bond donors (Lipinski definition) is 0. The lowest BCUT2D eigenvalue weighted by Crippen LogP contribution is -2.25. The van der Waals surface area contributed by atoms with E-state index in [1.165, 1.54) is 20.4 Å². The predicted octanol–water partition coefficient (Wildman–Crippen LogP) is 2.63. The van der Waals surface area contributed by atoms with Crippen molar-refractivity contribution < 1.29 is 14.0 Å². The molecule has 0 atom stereocenters. The molecule has 0 aliphatic heterocycles. The number of carbonyl (C=O) groups is 1. The van der Waals surface area contributed by atoms with Gasteiger partial charge < -0.3 is 4.42 Å². The van der Waals surface area contributed by atoms with Crippen LogP contribution >= 0.6 is 11.6 Å². The maximum absolute atomic E-state index is 11.7. The van der Waals surface area contributed by atoms with Gasteiger partial charge in [0, 0.05) is 17.6 Å². The summed E-state index contributed by atoms with van der Waals surface area (Å²) >= 11 is 5.79. The van der Waals surface area contributed by atoms with E-state index in [4.69, 9.17) is 20.9 Å². The highest BCUT2D eigenvalue weighted by molar-refractivity contribution is 6.30. The zero-order valence-corrected chi connectivity index (χ0v) is 10.6. The van der Waals surface area contributed by atoms with Gasteiger partial charge >= 0.3 is 5.91 Å². The van der Waals surface area contributed by atoms with Gasteiger partial charge in [0.05, 0.1) is 13.3 Å². The lowest BCUT2D eigenvalue weighted by atomic mass is 10.2. The van der Waals surface area contributed by atoms with E-state index in [2.05, 4.69) is 4.98 Å². The lowest BCUT2D eigenvalue weighted by molar-refractivity contribution is -0.0777. The summed E-state index contributed by atoms with van der Waals surface area (Å²) in [5, 5.41) is 1.67. The zero-order chi connectivity index (χ0) is 13.1. The lowest BCUT2D eigenvalue weighted by Gasteiger charge is -2.10. The van der Waals surface area contributed by atoms with E-state index in [1.807, 2.05) is 0 Å². The van der Waals surface area contributed by atoms with Gasteiger partial charge in [-0.15, -0.1) is 0 Å². The van der Waals surface area contributed by atoms with Crippen LogP contribution in [-0.4, -0.2) is 30.1 Å². The monoisotopic (exact) mass is 266 g/mol. The molecule has 2 aromatic rings. The summed E-state index contributed by atoms with van der Waals surface area (Å²) in [5.41, 5.74) is 0.797. The molecule has 2 rings (SSSR count). The predicted molar refractivity (Wildman–Crippen MR) is 66.1 cm³/mol. The molecule has 1 heterocycles. The van der Waals surface area contributed by atoms with E-state index in [9.17, 15) is 4.79 Å². The highest BCUT2D eigenvalue weighted by atomic mass is 35.5. The minimum atomic E-state index is -0.447. The molecule has 0 saturated heterocycles. The van der Waals surface area contributed by atoms with Crippen molar-refractivity contribution in [1.29, 1.82) is 0 Å². The van der Waals surface area contributed by atoms with E-state index in [0.717, 1.165) is 10.6 Å². The molecule has 0 aliphatic carbocycles. The van der Waals surface area contributed by atoms with Gasteiger partial charge in [0.1, 0.15) is 0 Å². The average molecular weight is 267 g/mol. The Bertz CT molecular complexity index is 551. The molecule has 0 bridgehead atoms. The number of aromatic nitrogens is 1. The molecule has 0 spiro atoms. The topological polar surface area (TPSA) is 55.6 Å². The molecule has 94 valence electrons. The van der Waals surface area contributed by atoms with Crippen LogP contribution in [0, 0.1) is 0 Å². The number of hydroxylamine groups is 2. The number of carbonyl (C=O) groups excluding carboxylic acids is 1. The second-order valence-electron chi connectivity index (χ2n) is 3.52. The molecular weight excluding hydrogens is 256 g/mol. The molecule has 6 heteroatoms. The highest BCUT2D eigenvalue weighted by Gasteiger charge is 2.18. The van der Waals surface area contributed by atoms with Gasteiger partial charge in [0.15, 0.2) is 5.76 Å². The van der Waals surface area contributed by atoms with Crippen LogP contribution in [0.1, 0.15) is 10.7 Å². The van der Waals surface area contributed by atoms with Gasteiger partial charge in [-0.3, -0.25) is 9.63 Å². The van der Waals surface area contributed by atoms with Crippen molar-refractivity contribution in [1.82, 2.24) is 10.0 Å². The van der Waals surface area contributed by atoms with E-state index < -0.39 is 5.91 Å². The first kappa shape index (κ1) is 12.6. The molecule has 0 unspecified atom stereocenters. The van der Waals surface area contributed by atoms with Gasteiger partial charge in [0.2, 0.25) is 0 Å². The van der Waals surface area contributed by atoms with Crippen molar-refractivity contribution in [3.8, 4) is 11.3 Å². The Hall–Kier alpha value is -1.85. The van der Waals surface area contributed by atoms with Crippen molar-refractivity contribution in [2.24, 2.45) is 0 Å². The van der Waals surface area contributed by atoms with Crippen molar-refractivity contribution >= 4 is 17.5 Å². The van der Waals surface area contributed by atoms with Crippen molar-refractivity contribution in [3.63, 3.8) is 0 Å². The number of hydrogen-bond acceptors (Lipinski definition) is 4. The molecule has 1 aromatic carbocycles. The Morgan fingerprint density at radius 3 is 2.67 bits per heavy atom. The van der Waals surface area contributed by atoms with Crippen LogP contribution in [0.4, 0.5) is 0 Å². The van der Waals surface area contributed by atoms with Crippen molar-refractivity contribution in [2.75, 3.05) is 14.2 Å². The minimum Gasteiger partial charge on any atom is -0.432 e. The van der Waals surface area contributed by atoms with Crippen LogP contribution in [0.3, 0.4) is 0 Å². The van der Waals surface area contributed by atoms with Gasteiger partial charge in [-0.05, 0) is 24.3 Å². The fourth-order valence-electron chi connectivity index (χ4n) is 1.34. The molecule has 0 fully saturated rings. The quantitative estimate of drug-likeness (QED) is 0.802. The number of nitrogens with zero attached hydrogens (tertiary/aromatic N) is 2. The Kier molecular flexibility index (Phi) is 3.64. The molecule has 1 amide bonds. The zero-order valence-electron chi connectivity index (χ0n) is 9.88. The summed E-state index contributed by atoms with van der Waals surface area (Å²) in [4.78, 5) is 20.4. The maximum Gasteiger partial charge on any atom is 0.332 e. The Morgan fingerprint density at radius 2 is 2.06 bits per heavy atom. The van der Waals surface area contributed by atoms with Crippen LogP contribution in [-0.2, 0) is 4.84 Å². The number of rotatable bonds is 3. The van der Waals surface area contributed by atoms with E-state index >= 15 is 0 Å². The number of halogens is 1. The van der Waals surface area contributed by atoms with Gasteiger partial charge in [-0.2, -0.15) is 0 Å². The number of benzene rings is 1. The van der Waals surface area contributed by atoms with Crippen LogP contribution in [0.2, 0.25) is 5.02 Å². The molecule has 0 aliphatic rings. The molecule has 1 aromatic heterocycles. The summed E-state index contributed by atoms with van der Waals surface area (Å²) < 4.78 is 5.37. The first-order valence-corrected chi connectivity index (χ1v) is 5.53. The van der Waals surface area contributed by atoms with Crippen LogP contribution in [0.5, 0.6) is 0 Å². The molecule has 0 N–H and O–H groups in total. The molecule has 18 heavy (non-hydrogen) atoms. The average Bonchev–Trinajstić information content (AvgIpc) is 2.87. The van der Waals surface area contributed by atoms with Crippen LogP contribution in [0.25, 0.3) is 11.3 Å². The Labute approximate surface area is 109 Å². The number of amides is 1. The molecule has 0 radical (unpaired) electrons. The van der Waals surface area contributed by atoms with Gasteiger partial charge in [-0.1, -0.05) is 11.6 Å². The third-order valence-corrected chi connectivity index (χ3v) is 2.63. The second kappa shape index (κ2) is 5.20. The second-order valence-corrected chi connectivity index (χ2v) is 3.96. The summed E-state index contributed by atoms with van der Waals surface area (Å²) in [6.07, 6.45) is 1.49. The third kappa shape index (κ3) is 2.52. The standard InChI is InChI=1S/C12H11ClN2O3/c1-15(17-2)12(16)11-14-7-10(18-11)8-3-5-9(13)6-4-8/h3-7H,1-2H3. The van der Waals surface area contributed by atoms with Gasteiger partial charge in [0.25, 0.3) is 5.89 Å². The van der Waals surface area contributed by atoms with E-state index in [0.29, 0.717) is 10.8 Å².